The topological polar surface area (TPSA) is 61.8 Å². The van der Waals surface area contributed by atoms with E-state index < -0.39 is 11.4 Å². The van der Waals surface area contributed by atoms with Gasteiger partial charge in [0.05, 0.1) is 5.41 Å². The van der Waals surface area contributed by atoms with Crippen LogP contribution in [-0.2, 0) is 23.8 Å². The van der Waals surface area contributed by atoms with E-state index in [9.17, 15) is 9.59 Å². The molecule has 0 bridgehead atoms. The van der Waals surface area contributed by atoms with Crippen LogP contribution in [0.1, 0.15) is 20.8 Å². The lowest BCUT2D eigenvalue weighted by Gasteiger charge is -2.16. The first-order valence-electron chi connectivity index (χ1n) is 4.69. The molecule has 0 unspecified atom stereocenters. The summed E-state index contributed by atoms with van der Waals surface area (Å²) in [5.74, 6) is -0.783. The molecule has 0 N–H and O–H groups in total. The number of methoxy groups -OCH3 is 1. The first-order chi connectivity index (χ1) is 6.88. The van der Waals surface area contributed by atoms with Crippen LogP contribution in [0, 0.1) is 5.41 Å². The Kier molecular flexibility index (Phi) is 5.93. The fraction of sp³-hybridized carbons (Fsp3) is 0.800. The van der Waals surface area contributed by atoms with Gasteiger partial charge in [0, 0.05) is 7.11 Å². The summed E-state index contributed by atoms with van der Waals surface area (Å²) >= 11 is 0. The van der Waals surface area contributed by atoms with Crippen molar-refractivity contribution in [2.24, 2.45) is 5.41 Å². The SMILES string of the molecule is COCC(=O)OCCOC(=O)C(C)(C)C. The minimum atomic E-state index is -0.531. The predicted molar refractivity (Wildman–Crippen MR) is 53.2 cm³/mol. The average Bonchev–Trinajstić information content (AvgIpc) is 2.11. The van der Waals surface area contributed by atoms with Crippen molar-refractivity contribution in [1.29, 1.82) is 0 Å². The third-order valence-electron chi connectivity index (χ3n) is 1.45. The standard InChI is InChI=1S/C10H18O5/c1-10(2,3)9(12)15-6-5-14-8(11)7-13-4/h5-7H2,1-4H3. The van der Waals surface area contributed by atoms with Gasteiger partial charge in [0.15, 0.2) is 0 Å². The van der Waals surface area contributed by atoms with Gasteiger partial charge in [-0.05, 0) is 20.8 Å². The summed E-state index contributed by atoms with van der Waals surface area (Å²) in [7, 11) is 1.40. The molecule has 0 aromatic rings. The van der Waals surface area contributed by atoms with E-state index in [1.807, 2.05) is 0 Å². The van der Waals surface area contributed by atoms with Gasteiger partial charge in [0.1, 0.15) is 19.8 Å². The van der Waals surface area contributed by atoms with Gasteiger partial charge in [-0.3, -0.25) is 4.79 Å². The highest BCUT2D eigenvalue weighted by atomic mass is 16.6. The summed E-state index contributed by atoms with van der Waals surface area (Å²) < 4.78 is 14.1. The molecular weight excluding hydrogens is 200 g/mol. The molecule has 0 saturated heterocycles. The van der Waals surface area contributed by atoms with Gasteiger partial charge >= 0.3 is 11.9 Å². The van der Waals surface area contributed by atoms with E-state index in [4.69, 9.17) is 9.47 Å². The monoisotopic (exact) mass is 218 g/mol. The number of carbonyl (C=O) groups excluding carboxylic acids is 2. The zero-order chi connectivity index (χ0) is 11.9. The lowest BCUT2D eigenvalue weighted by Crippen LogP contribution is -2.25. The maximum atomic E-state index is 11.2. The fourth-order valence-corrected chi connectivity index (χ4v) is 0.666. The Morgan fingerprint density at radius 1 is 1.07 bits per heavy atom. The molecule has 0 heterocycles. The van der Waals surface area contributed by atoms with Crippen LogP contribution in [0.25, 0.3) is 0 Å². The van der Waals surface area contributed by atoms with Crippen LogP contribution in [0.15, 0.2) is 0 Å². The van der Waals surface area contributed by atoms with E-state index in [1.54, 1.807) is 20.8 Å². The highest BCUT2D eigenvalue weighted by Gasteiger charge is 2.22. The molecule has 0 aliphatic heterocycles. The van der Waals surface area contributed by atoms with E-state index in [-0.39, 0.29) is 25.8 Å². The minimum absolute atomic E-state index is 0.0595. The molecule has 0 aliphatic carbocycles. The van der Waals surface area contributed by atoms with E-state index in [2.05, 4.69) is 4.74 Å². The summed E-state index contributed by atoms with van der Waals surface area (Å²) in [5, 5.41) is 0. The molecule has 0 aliphatic rings. The predicted octanol–water partition coefficient (Wildman–Crippen LogP) is 0.765. The maximum Gasteiger partial charge on any atom is 0.332 e. The van der Waals surface area contributed by atoms with E-state index in [0.717, 1.165) is 0 Å². The Balaban J connectivity index is 3.55. The molecule has 0 rings (SSSR count). The van der Waals surface area contributed by atoms with Gasteiger partial charge in [-0.1, -0.05) is 0 Å². The van der Waals surface area contributed by atoms with E-state index in [1.165, 1.54) is 7.11 Å². The van der Waals surface area contributed by atoms with E-state index in [0.29, 0.717) is 0 Å². The second-order valence-corrected chi connectivity index (χ2v) is 4.04. The van der Waals surface area contributed by atoms with Gasteiger partial charge in [-0.25, -0.2) is 4.79 Å². The lowest BCUT2D eigenvalue weighted by atomic mass is 9.97. The zero-order valence-electron chi connectivity index (χ0n) is 9.66. The molecule has 5 heteroatoms. The first-order valence-corrected chi connectivity index (χ1v) is 4.69. The van der Waals surface area contributed by atoms with Gasteiger partial charge in [0.2, 0.25) is 0 Å². The first kappa shape index (κ1) is 13.9. The third kappa shape index (κ3) is 6.90. The quantitative estimate of drug-likeness (QED) is 0.503. The van der Waals surface area contributed by atoms with Crippen molar-refractivity contribution in [2.45, 2.75) is 20.8 Å². The van der Waals surface area contributed by atoms with Crippen LogP contribution in [0.3, 0.4) is 0 Å². The van der Waals surface area contributed by atoms with Crippen molar-refractivity contribution in [2.75, 3.05) is 26.9 Å². The minimum Gasteiger partial charge on any atom is -0.462 e. The van der Waals surface area contributed by atoms with Gasteiger partial charge in [0.25, 0.3) is 0 Å². The fourth-order valence-electron chi connectivity index (χ4n) is 0.666. The van der Waals surface area contributed by atoms with Crippen molar-refractivity contribution >= 4 is 11.9 Å². The van der Waals surface area contributed by atoms with Crippen molar-refractivity contribution in [3.05, 3.63) is 0 Å². The number of rotatable bonds is 5. The molecule has 0 aromatic heterocycles. The third-order valence-corrected chi connectivity index (χ3v) is 1.45. The largest absolute Gasteiger partial charge is 0.462 e. The Hall–Kier alpha value is -1.10. The lowest BCUT2D eigenvalue weighted by molar-refractivity contribution is -0.159. The normalized spacial score (nSPS) is 10.9. The van der Waals surface area contributed by atoms with Gasteiger partial charge < -0.3 is 14.2 Å². The Morgan fingerprint density at radius 3 is 2.07 bits per heavy atom. The van der Waals surface area contributed by atoms with Crippen molar-refractivity contribution in [1.82, 2.24) is 0 Å². The molecule has 0 atom stereocenters. The van der Waals surface area contributed by atoms with Crippen molar-refractivity contribution in [3.8, 4) is 0 Å². The van der Waals surface area contributed by atoms with Crippen LogP contribution in [0.5, 0.6) is 0 Å². The molecule has 0 saturated carbocycles. The molecule has 0 radical (unpaired) electrons. The molecule has 88 valence electrons. The number of esters is 2. The number of hydrogen-bond donors (Lipinski definition) is 0. The molecular formula is C10H18O5. The van der Waals surface area contributed by atoms with Crippen LogP contribution in [0.4, 0.5) is 0 Å². The van der Waals surface area contributed by atoms with E-state index >= 15 is 0 Å². The number of ether oxygens (including phenoxy) is 3. The highest BCUT2D eigenvalue weighted by Crippen LogP contribution is 2.14. The smallest absolute Gasteiger partial charge is 0.332 e. The Morgan fingerprint density at radius 2 is 1.60 bits per heavy atom. The van der Waals surface area contributed by atoms with Crippen LogP contribution >= 0.6 is 0 Å². The summed E-state index contributed by atoms with van der Waals surface area (Å²) in [6, 6.07) is 0. The maximum absolute atomic E-state index is 11.2. The number of hydrogen-bond acceptors (Lipinski definition) is 5. The summed E-state index contributed by atoms with van der Waals surface area (Å²) in [6.07, 6.45) is 0. The van der Waals surface area contributed by atoms with Gasteiger partial charge in [-0.15, -0.1) is 0 Å². The van der Waals surface area contributed by atoms with Crippen LogP contribution in [0.2, 0.25) is 0 Å². The summed E-state index contributed by atoms with van der Waals surface area (Å²) in [6.45, 7) is 5.31. The average molecular weight is 218 g/mol. The Bertz CT molecular complexity index is 216. The Labute approximate surface area is 89.7 Å². The highest BCUT2D eigenvalue weighted by molar-refractivity contribution is 5.75. The second-order valence-electron chi connectivity index (χ2n) is 4.04. The molecule has 0 aromatic carbocycles. The van der Waals surface area contributed by atoms with Gasteiger partial charge in [-0.2, -0.15) is 0 Å². The zero-order valence-corrected chi connectivity index (χ0v) is 9.66. The number of carbonyl (C=O) groups is 2. The summed E-state index contributed by atoms with van der Waals surface area (Å²) in [4.78, 5) is 22.0. The summed E-state index contributed by atoms with van der Waals surface area (Å²) in [5.41, 5.74) is -0.531. The van der Waals surface area contributed by atoms with Crippen LogP contribution in [-0.4, -0.2) is 38.9 Å². The van der Waals surface area contributed by atoms with Crippen molar-refractivity contribution < 1.29 is 23.8 Å². The molecule has 0 amide bonds. The molecule has 15 heavy (non-hydrogen) atoms. The molecule has 5 nitrogen and oxygen atoms in total. The van der Waals surface area contributed by atoms with Crippen molar-refractivity contribution in [3.63, 3.8) is 0 Å². The molecule has 0 spiro atoms. The van der Waals surface area contributed by atoms with Crippen LogP contribution < -0.4 is 0 Å². The molecule has 0 fully saturated rings. The second kappa shape index (κ2) is 6.40.